The molecule has 5 heteroatoms. The van der Waals surface area contributed by atoms with Crippen molar-refractivity contribution >= 4 is 17.5 Å². The first-order valence-corrected chi connectivity index (χ1v) is 6.56. The number of amides is 1. The lowest BCUT2D eigenvalue weighted by molar-refractivity contribution is 0.00449. The molecule has 1 aromatic heterocycles. The molecule has 0 aromatic carbocycles. The Morgan fingerprint density at radius 2 is 2.33 bits per heavy atom. The van der Waals surface area contributed by atoms with Gasteiger partial charge in [-0.1, -0.05) is 0 Å². The molecule has 1 saturated heterocycles. The normalized spacial score (nSPS) is 19.9. The minimum atomic E-state index is -0.0476. The molecule has 2 heterocycles. The van der Waals surface area contributed by atoms with Crippen LogP contribution in [0.25, 0.3) is 0 Å². The number of aryl methyl sites for hydroxylation is 2. The Labute approximate surface area is 112 Å². The average molecular weight is 269 g/mol. The van der Waals surface area contributed by atoms with E-state index in [2.05, 4.69) is 4.98 Å². The second-order valence-corrected chi connectivity index (χ2v) is 4.78. The van der Waals surface area contributed by atoms with Crippen LogP contribution in [0.4, 0.5) is 0 Å². The third-order valence-electron chi connectivity index (χ3n) is 3.12. The Balaban J connectivity index is 2.24. The van der Waals surface area contributed by atoms with Crippen molar-refractivity contribution in [3.05, 3.63) is 29.1 Å². The van der Waals surface area contributed by atoms with Gasteiger partial charge in [-0.3, -0.25) is 9.78 Å². The molecule has 1 aliphatic rings. The summed E-state index contributed by atoms with van der Waals surface area (Å²) in [6, 6.07) is 3.64. The van der Waals surface area contributed by atoms with Crippen molar-refractivity contribution in [2.45, 2.75) is 19.9 Å². The third-order valence-corrected chi connectivity index (χ3v) is 3.48. The van der Waals surface area contributed by atoms with E-state index in [1.807, 2.05) is 26.0 Å². The molecule has 0 spiro atoms. The SMILES string of the molecule is Cc1ccc(C(=O)N2CCOCC2CCl)c(C)n1. The lowest BCUT2D eigenvalue weighted by Crippen LogP contribution is -2.49. The highest BCUT2D eigenvalue weighted by Crippen LogP contribution is 2.15. The van der Waals surface area contributed by atoms with Crippen LogP contribution in [0.1, 0.15) is 21.7 Å². The molecular formula is C13H17ClN2O2. The van der Waals surface area contributed by atoms with Crippen LogP contribution in [0.15, 0.2) is 12.1 Å². The van der Waals surface area contributed by atoms with E-state index < -0.39 is 0 Å². The average Bonchev–Trinajstić information content (AvgIpc) is 2.38. The highest BCUT2D eigenvalue weighted by Gasteiger charge is 2.28. The van der Waals surface area contributed by atoms with Crippen LogP contribution in [0.5, 0.6) is 0 Å². The molecule has 98 valence electrons. The van der Waals surface area contributed by atoms with Gasteiger partial charge < -0.3 is 9.64 Å². The van der Waals surface area contributed by atoms with Crippen LogP contribution >= 0.6 is 11.6 Å². The van der Waals surface area contributed by atoms with E-state index in [0.717, 1.165) is 11.4 Å². The van der Waals surface area contributed by atoms with Gasteiger partial charge in [0.1, 0.15) is 0 Å². The molecule has 0 bridgehead atoms. The summed E-state index contributed by atoms with van der Waals surface area (Å²) in [5, 5.41) is 0. The molecule has 1 aromatic rings. The molecule has 0 aliphatic carbocycles. The molecule has 1 atom stereocenters. The molecule has 0 radical (unpaired) electrons. The maximum absolute atomic E-state index is 12.5. The molecular weight excluding hydrogens is 252 g/mol. The van der Waals surface area contributed by atoms with Gasteiger partial charge >= 0.3 is 0 Å². The number of morpholine rings is 1. The monoisotopic (exact) mass is 268 g/mol. The minimum absolute atomic E-state index is 0.00560. The Morgan fingerprint density at radius 1 is 1.56 bits per heavy atom. The zero-order valence-corrected chi connectivity index (χ0v) is 11.4. The van der Waals surface area contributed by atoms with Gasteiger partial charge in [0.25, 0.3) is 5.91 Å². The Kier molecular flexibility index (Phi) is 4.19. The summed E-state index contributed by atoms with van der Waals surface area (Å²) in [5.41, 5.74) is 2.33. The van der Waals surface area contributed by atoms with Gasteiger partial charge in [0.2, 0.25) is 0 Å². The fraction of sp³-hybridized carbons (Fsp3) is 0.538. The summed E-state index contributed by atoms with van der Waals surface area (Å²) >= 11 is 5.88. The quantitative estimate of drug-likeness (QED) is 0.768. The molecule has 1 fully saturated rings. The predicted octanol–water partition coefficient (Wildman–Crippen LogP) is 1.78. The van der Waals surface area contributed by atoms with Crippen LogP contribution in [0.2, 0.25) is 0 Å². The van der Waals surface area contributed by atoms with Crippen molar-refractivity contribution in [2.24, 2.45) is 0 Å². The smallest absolute Gasteiger partial charge is 0.256 e. The predicted molar refractivity (Wildman–Crippen MR) is 70.1 cm³/mol. The van der Waals surface area contributed by atoms with E-state index in [1.54, 1.807) is 4.90 Å². The van der Waals surface area contributed by atoms with Crippen molar-refractivity contribution in [2.75, 3.05) is 25.6 Å². The van der Waals surface area contributed by atoms with Crippen molar-refractivity contribution < 1.29 is 9.53 Å². The lowest BCUT2D eigenvalue weighted by atomic mass is 10.1. The van der Waals surface area contributed by atoms with Crippen molar-refractivity contribution in [3.8, 4) is 0 Å². The lowest BCUT2D eigenvalue weighted by Gasteiger charge is -2.34. The first-order valence-electron chi connectivity index (χ1n) is 6.02. The number of halogens is 1. The number of carbonyl (C=O) groups is 1. The van der Waals surface area contributed by atoms with Crippen LogP contribution in [0, 0.1) is 13.8 Å². The van der Waals surface area contributed by atoms with Crippen molar-refractivity contribution in [3.63, 3.8) is 0 Å². The second kappa shape index (κ2) is 5.67. The van der Waals surface area contributed by atoms with E-state index in [0.29, 0.717) is 31.2 Å². The molecule has 1 unspecified atom stereocenters. The number of rotatable bonds is 2. The van der Waals surface area contributed by atoms with Gasteiger partial charge in [-0.2, -0.15) is 0 Å². The summed E-state index contributed by atoms with van der Waals surface area (Å²) < 4.78 is 5.34. The number of carbonyl (C=O) groups excluding carboxylic acids is 1. The van der Waals surface area contributed by atoms with E-state index in [-0.39, 0.29) is 11.9 Å². The summed E-state index contributed by atoms with van der Waals surface area (Å²) in [6.07, 6.45) is 0. The number of hydrogen-bond donors (Lipinski definition) is 0. The van der Waals surface area contributed by atoms with Gasteiger partial charge in [-0.25, -0.2) is 0 Å². The minimum Gasteiger partial charge on any atom is -0.377 e. The van der Waals surface area contributed by atoms with E-state index in [1.165, 1.54) is 0 Å². The van der Waals surface area contributed by atoms with Crippen LogP contribution in [0.3, 0.4) is 0 Å². The molecule has 1 amide bonds. The van der Waals surface area contributed by atoms with Crippen molar-refractivity contribution in [1.29, 1.82) is 0 Å². The number of ether oxygens (including phenoxy) is 1. The first kappa shape index (κ1) is 13.3. The second-order valence-electron chi connectivity index (χ2n) is 4.47. The fourth-order valence-electron chi connectivity index (χ4n) is 2.12. The topological polar surface area (TPSA) is 42.4 Å². The number of alkyl halides is 1. The Hall–Kier alpha value is -1.13. The van der Waals surface area contributed by atoms with Gasteiger partial charge in [-0.15, -0.1) is 11.6 Å². The molecule has 1 aliphatic heterocycles. The summed E-state index contributed by atoms with van der Waals surface area (Å²) in [5.74, 6) is 0.387. The zero-order valence-electron chi connectivity index (χ0n) is 10.6. The summed E-state index contributed by atoms with van der Waals surface area (Å²) in [4.78, 5) is 18.6. The van der Waals surface area contributed by atoms with Gasteiger partial charge in [0, 0.05) is 18.1 Å². The molecule has 0 N–H and O–H groups in total. The van der Waals surface area contributed by atoms with E-state index in [4.69, 9.17) is 16.3 Å². The highest BCUT2D eigenvalue weighted by atomic mass is 35.5. The van der Waals surface area contributed by atoms with E-state index in [9.17, 15) is 4.79 Å². The largest absolute Gasteiger partial charge is 0.377 e. The fourth-order valence-corrected chi connectivity index (χ4v) is 2.37. The van der Waals surface area contributed by atoms with Crippen LogP contribution in [-0.4, -0.2) is 47.5 Å². The number of nitrogens with zero attached hydrogens (tertiary/aromatic N) is 2. The maximum Gasteiger partial charge on any atom is 0.256 e. The molecule has 18 heavy (non-hydrogen) atoms. The van der Waals surface area contributed by atoms with Crippen LogP contribution in [-0.2, 0) is 4.74 Å². The summed E-state index contributed by atoms with van der Waals surface area (Å²) in [7, 11) is 0. The first-order chi connectivity index (χ1) is 8.63. The number of pyridine rings is 1. The Morgan fingerprint density at radius 3 is 3.00 bits per heavy atom. The van der Waals surface area contributed by atoms with Gasteiger partial charge in [0.05, 0.1) is 30.5 Å². The van der Waals surface area contributed by atoms with Crippen LogP contribution < -0.4 is 0 Å². The van der Waals surface area contributed by atoms with Gasteiger partial charge in [0.15, 0.2) is 0 Å². The highest BCUT2D eigenvalue weighted by molar-refractivity contribution is 6.18. The molecule has 2 rings (SSSR count). The number of aromatic nitrogens is 1. The Bertz CT molecular complexity index is 451. The molecule has 0 saturated carbocycles. The zero-order chi connectivity index (χ0) is 13.1. The van der Waals surface area contributed by atoms with E-state index >= 15 is 0 Å². The maximum atomic E-state index is 12.5. The summed E-state index contributed by atoms with van der Waals surface area (Å²) in [6.45, 7) is 5.43. The third kappa shape index (κ3) is 2.65. The standard InChI is InChI=1S/C13H17ClN2O2/c1-9-3-4-12(10(2)15-9)13(17)16-5-6-18-8-11(16)7-14/h3-4,11H,5-8H2,1-2H3. The van der Waals surface area contributed by atoms with Crippen molar-refractivity contribution in [1.82, 2.24) is 9.88 Å². The number of hydrogen-bond acceptors (Lipinski definition) is 3. The van der Waals surface area contributed by atoms with Gasteiger partial charge in [-0.05, 0) is 26.0 Å². The molecule has 4 nitrogen and oxygen atoms in total.